The second-order valence-electron chi connectivity index (χ2n) is 1.43. The molecular weight excluding hydrogens is 93.0 g/mol. The molecule has 0 aromatic heterocycles. The van der Waals surface area contributed by atoms with E-state index in [1.54, 1.807) is 0 Å². The van der Waals surface area contributed by atoms with Crippen molar-refractivity contribution in [1.82, 2.24) is 5.32 Å². The fourth-order valence-corrected chi connectivity index (χ4v) is 0.354. The largest absolute Gasteiger partial charge is 0.317 e. The Balaban J connectivity index is 2.75. The summed E-state index contributed by atoms with van der Waals surface area (Å²) in [6.45, 7) is 2.15. The molecule has 0 bridgehead atoms. The van der Waals surface area contributed by atoms with Crippen molar-refractivity contribution >= 4 is 9.24 Å². The molecule has 2 atom stereocenters. The van der Waals surface area contributed by atoms with Crippen LogP contribution in [-0.2, 0) is 0 Å². The van der Waals surface area contributed by atoms with Crippen molar-refractivity contribution in [2.24, 2.45) is 0 Å². The predicted molar refractivity (Wildman–Crippen MR) is 33.1 cm³/mol. The lowest BCUT2D eigenvalue weighted by Gasteiger charge is -2.02. The number of rotatable bonds is 2. The van der Waals surface area contributed by atoms with Crippen LogP contribution in [0, 0.1) is 0 Å². The van der Waals surface area contributed by atoms with E-state index in [0.29, 0.717) is 6.04 Å². The van der Waals surface area contributed by atoms with E-state index in [1.165, 1.54) is 0 Å². The second-order valence-corrected chi connectivity index (χ2v) is 1.90. The van der Waals surface area contributed by atoms with Crippen molar-refractivity contribution in [2.75, 3.05) is 13.2 Å². The summed E-state index contributed by atoms with van der Waals surface area (Å²) >= 11 is 0. The minimum atomic E-state index is 0.648. The summed E-state index contributed by atoms with van der Waals surface area (Å²) in [6.07, 6.45) is 1.14. The molecule has 0 radical (unpaired) electrons. The van der Waals surface area contributed by atoms with Gasteiger partial charge in [-0.15, -0.1) is 9.24 Å². The van der Waals surface area contributed by atoms with Crippen molar-refractivity contribution in [1.29, 1.82) is 0 Å². The average molecular weight is 105 g/mol. The Morgan fingerprint density at radius 3 is 2.33 bits per heavy atom. The molecule has 0 aliphatic heterocycles. The first-order chi connectivity index (χ1) is 2.81. The summed E-state index contributed by atoms with van der Waals surface area (Å²) in [4.78, 5) is 0. The standard InChI is InChI=1S/C4H12NP/c1-4(3-6)5-2/h4-5H,3,6H2,1-2H3. The van der Waals surface area contributed by atoms with Crippen molar-refractivity contribution in [3.63, 3.8) is 0 Å². The van der Waals surface area contributed by atoms with Crippen LogP contribution in [-0.4, -0.2) is 19.3 Å². The first kappa shape index (κ1) is 6.39. The maximum atomic E-state index is 3.09. The van der Waals surface area contributed by atoms with E-state index in [4.69, 9.17) is 0 Å². The van der Waals surface area contributed by atoms with E-state index in [1.807, 2.05) is 7.05 Å². The van der Waals surface area contributed by atoms with Gasteiger partial charge in [0.2, 0.25) is 0 Å². The zero-order valence-corrected chi connectivity index (χ0v) is 5.52. The molecule has 0 aromatic carbocycles. The highest BCUT2D eigenvalue weighted by Crippen LogP contribution is 1.84. The lowest BCUT2D eigenvalue weighted by atomic mass is 10.4. The summed E-state index contributed by atoms with van der Waals surface area (Å²) in [5.41, 5.74) is 0. The molecule has 0 aromatic rings. The highest BCUT2D eigenvalue weighted by molar-refractivity contribution is 7.16. The lowest BCUT2D eigenvalue weighted by molar-refractivity contribution is 0.677. The van der Waals surface area contributed by atoms with Crippen LogP contribution in [0.4, 0.5) is 0 Å². The first-order valence-corrected chi connectivity index (χ1v) is 3.00. The van der Waals surface area contributed by atoms with Crippen LogP contribution in [0.5, 0.6) is 0 Å². The van der Waals surface area contributed by atoms with Gasteiger partial charge in [-0.2, -0.15) is 0 Å². The molecular formula is C4H12NP. The smallest absolute Gasteiger partial charge is 0.00702 e. The van der Waals surface area contributed by atoms with Crippen LogP contribution in [0.2, 0.25) is 0 Å². The Morgan fingerprint density at radius 1 is 1.83 bits per heavy atom. The van der Waals surface area contributed by atoms with E-state index in [-0.39, 0.29) is 0 Å². The maximum Gasteiger partial charge on any atom is 0.00702 e. The summed E-state index contributed by atoms with van der Waals surface area (Å²) in [6, 6.07) is 0.648. The number of nitrogens with one attached hydrogen (secondary N) is 1. The number of hydrogen-bond donors (Lipinski definition) is 1. The maximum absolute atomic E-state index is 3.09. The second kappa shape index (κ2) is 3.58. The molecule has 0 spiro atoms. The van der Waals surface area contributed by atoms with Gasteiger partial charge in [0.1, 0.15) is 0 Å². The zero-order valence-electron chi connectivity index (χ0n) is 4.36. The summed E-state index contributed by atoms with van der Waals surface area (Å²) in [5.74, 6) is 0. The van der Waals surface area contributed by atoms with Crippen LogP contribution in [0.3, 0.4) is 0 Å². The molecule has 6 heavy (non-hydrogen) atoms. The van der Waals surface area contributed by atoms with Crippen molar-refractivity contribution in [3.05, 3.63) is 0 Å². The fourth-order valence-electron chi connectivity index (χ4n) is 0.118. The predicted octanol–water partition coefficient (Wildman–Crippen LogP) is 0.469. The topological polar surface area (TPSA) is 12.0 Å². The van der Waals surface area contributed by atoms with E-state index in [9.17, 15) is 0 Å². The van der Waals surface area contributed by atoms with E-state index in [2.05, 4.69) is 21.5 Å². The summed E-state index contributed by atoms with van der Waals surface area (Å²) in [7, 11) is 4.64. The van der Waals surface area contributed by atoms with Crippen molar-refractivity contribution in [3.8, 4) is 0 Å². The van der Waals surface area contributed by atoms with E-state index < -0.39 is 0 Å². The minimum absolute atomic E-state index is 0.648. The molecule has 0 aliphatic carbocycles. The van der Waals surface area contributed by atoms with Crippen LogP contribution in [0.25, 0.3) is 0 Å². The molecule has 0 rings (SSSR count). The Morgan fingerprint density at radius 2 is 2.33 bits per heavy atom. The quantitative estimate of drug-likeness (QED) is 0.503. The van der Waals surface area contributed by atoms with Crippen LogP contribution >= 0.6 is 9.24 Å². The molecule has 2 unspecified atom stereocenters. The summed E-state index contributed by atoms with van der Waals surface area (Å²) in [5, 5.41) is 3.09. The van der Waals surface area contributed by atoms with Gasteiger partial charge < -0.3 is 5.32 Å². The van der Waals surface area contributed by atoms with Gasteiger partial charge in [-0.05, 0) is 20.1 Å². The van der Waals surface area contributed by atoms with Crippen LogP contribution in [0.15, 0.2) is 0 Å². The number of hydrogen-bond acceptors (Lipinski definition) is 1. The first-order valence-electron chi connectivity index (χ1n) is 2.18. The third-order valence-electron chi connectivity index (χ3n) is 0.846. The van der Waals surface area contributed by atoms with Gasteiger partial charge in [0, 0.05) is 6.04 Å². The van der Waals surface area contributed by atoms with Gasteiger partial charge >= 0.3 is 0 Å². The van der Waals surface area contributed by atoms with Gasteiger partial charge in [0.05, 0.1) is 0 Å². The highest BCUT2D eigenvalue weighted by Gasteiger charge is 1.86. The van der Waals surface area contributed by atoms with E-state index in [0.717, 1.165) is 6.16 Å². The van der Waals surface area contributed by atoms with Gasteiger partial charge in [0.25, 0.3) is 0 Å². The minimum Gasteiger partial charge on any atom is -0.317 e. The average Bonchev–Trinajstić information content (AvgIpc) is 1.65. The molecule has 0 amide bonds. The monoisotopic (exact) mass is 105 g/mol. The van der Waals surface area contributed by atoms with Crippen molar-refractivity contribution in [2.45, 2.75) is 13.0 Å². The Kier molecular flexibility index (Phi) is 3.81. The fraction of sp³-hybridized carbons (Fsp3) is 1.00. The summed E-state index contributed by atoms with van der Waals surface area (Å²) < 4.78 is 0. The van der Waals surface area contributed by atoms with Crippen LogP contribution in [0.1, 0.15) is 6.92 Å². The lowest BCUT2D eigenvalue weighted by Crippen LogP contribution is -2.21. The van der Waals surface area contributed by atoms with Gasteiger partial charge in [0.15, 0.2) is 0 Å². The zero-order chi connectivity index (χ0) is 4.99. The van der Waals surface area contributed by atoms with Gasteiger partial charge in [-0.1, -0.05) is 0 Å². The molecule has 1 nitrogen and oxygen atoms in total. The SMILES string of the molecule is CNC(C)CP. The molecule has 0 heterocycles. The third kappa shape index (κ3) is 2.62. The van der Waals surface area contributed by atoms with Crippen LogP contribution < -0.4 is 5.32 Å². The highest BCUT2D eigenvalue weighted by atomic mass is 31.0. The molecule has 1 N–H and O–H groups in total. The molecule has 2 heteroatoms. The Bertz CT molecular complexity index is 26.7. The molecule has 0 saturated heterocycles. The molecule has 38 valence electrons. The molecule has 0 aliphatic rings. The normalized spacial score (nSPS) is 14.5. The van der Waals surface area contributed by atoms with Gasteiger partial charge in [-0.25, -0.2) is 0 Å². The third-order valence-corrected chi connectivity index (χ3v) is 1.55. The Labute approximate surface area is 41.7 Å². The van der Waals surface area contributed by atoms with Gasteiger partial charge in [-0.3, -0.25) is 0 Å². The molecule has 0 fully saturated rings. The molecule has 0 saturated carbocycles. The van der Waals surface area contributed by atoms with E-state index >= 15 is 0 Å². The van der Waals surface area contributed by atoms with Crippen molar-refractivity contribution < 1.29 is 0 Å². The Hall–Kier alpha value is 0.390.